The molecule has 0 aliphatic heterocycles. The van der Waals surface area contributed by atoms with E-state index in [9.17, 15) is 9.90 Å². The molecule has 0 radical (unpaired) electrons. The molecule has 0 spiro atoms. The van der Waals surface area contributed by atoms with E-state index in [2.05, 4.69) is 4.98 Å². The van der Waals surface area contributed by atoms with Crippen LogP contribution >= 0.6 is 0 Å². The van der Waals surface area contributed by atoms with Crippen molar-refractivity contribution in [2.24, 2.45) is 0 Å². The molecule has 3 rings (SSSR count). The van der Waals surface area contributed by atoms with Crippen molar-refractivity contribution in [1.82, 2.24) is 4.98 Å². The van der Waals surface area contributed by atoms with E-state index in [4.69, 9.17) is 5.26 Å². The number of nitrogens with one attached hydrogen (secondary N) is 1. The van der Waals surface area contributed by atoms with Crippen LogP contribution < -0.4 is 5.56 Å². The molecular weight excluding hydrogens is 252 g/mol. The molecule has 1 heterocycles. The summed E-state index contributed by atoms with van der Waals surface area (Å²) in [5, 5.41) is 18.5. The predicted octanol–water partition coefficient (Wildman–Crippen LogP) is 2.50. The van der Waals surface area contributed by atoms with Gasteiger partial charge in [0.2, 0.25) is 0 Å². The summed E-state index contributed by atoms with van der Waals surface area (Å²) in [5.74, 6) is 0.193. The van der Waals surface area contributed by atoms with Crippen molar-refractivity contribution in [3.8, 4) is 23.1 Å². The van der Waals surface area contributed by atoms with Gasteiger partial charge in [-0.05, 0) is 66.6 Å². The van der Waals surface area contributed by atoms with Gasteiger partial charge in [0.05, 0.1) is 5.69 Å². The van der Waals surface area contributed by atoms with Crippen molar-refractivity contribution >= 4 is 0 Å². The number of phenols is 1. The first-order chi connectivity index (χ1) is 9.70. The summed E-state index contributed by atoms with van der Waals surface area (Å²) in [6, 6.07) is 8.78. The molecule has 1 aliphatic rings. The van der Waals surface area contributed by atoms with Crippen LogP contribution in [0.1, 0.15) is 29.5 Å². The predicted molar refractivity (Wildman–Crippen MR) is 75.5 cm³/mol. The van der Waals surface area contributed by atoms with Gasteiger partial charge < -0.3 is 10.1 Å². The van der Waals surface area contributed by atoms with E-state index in [-0.39, 0.29) is 16.9 Å². The Hall–Kier alpha value is -2.54. The Balaban J connectivity index is 2.27. The molecule has 2 N–H and O–H groups in total. The van der Waals surface area contributed by atoms with E-state index in [0.29, 0.717) is 0 Å². The van der Waals surface area contributed by atoms with Crippen molar-refractivity contribution in [3.05, 3.63) is 51.3 Å². The zero-order chi connectivity index (χ0) is 14.1. The first kappa shape index (κ1) is 12.5. The fraction of sp³-hybridized carbons (Fsp3) is 0.250. The molecule has 0 atom stereocenters. The average Bonchev–Trinajstić information content (AvgIpc) is 2.47. The van der Waals surface area contributed by atoms with Crippen LogP contribution in [0.2, 0.25) is 0 Å². The van der Waals surface area contributed by atoms with Crippen molar-refractivity contribution in [2.45, 2.75) is 25.7 Å². The van der Waals surface area contributed by atoms with E-state index in [1.54, 1.807) is 24.3 Å². The monoisotopic (exact) mass is 266 g/mol. The van der Waals surface area contributed by atoms with Gasteiger partial charge in [-0.2, -0.15) is 5.26 Å². The van der Waals surface area contributed by atoms with E-state index in [1.807, 2.05) is 6.07 Å². The van der Waals surface area contributed by atoms with Gasteiger partial charge in [-0.1, -0.05) is 0 Å². The summed E-state index contributed by atoms with van der Waals surface area (Å²) in [5.41, 5.74) is 3.54. The van der Waals surface area contributed by atoms with Gasteiger partial charge in [-0.15, -0.1) is 0 Å². The lowest BCUT2D eigenvalue weighted by Gasteiger charge is -2.20. The molecule has 0 amide bonds. The Labute approximate surface area is 116 Å². The average molecular weight is 266 g/mol. The lowest BCUT2D eigenvalue weighted by molar-refractivity contribution is 0.475. The second-order valence-corrected chi connectivity index (χ2v) is 5.03. The molecule has 100 valence electrons. The van der Waals surface area contributed by atoms with Gasteiger partial charge in [0.25, 0.3) is 5.56 Å². The summed E-state index contributed by atoms with van der Waals surface area (Å²) in [6.07, 6.45) is 3.74. The van der Waals surface area contributed by atoms with E-state index in [1.165, 1.54) is 0 Å². The maximum absolute atomic E-state index is 12.1. The number of H-pyrrole nitrogens is 1. The van der Waals surface area contributed by atoms with E-state index < -0.39 is 0 Å². The van der Waals surface area contributed by atoms with Gasteiger partial charge in [-0.25, -0.2) is 0 Å². The topological polar surface area (TPSA) is 76.9 Å². The Morgan fingerprint density at radius 1 is 1.10 bits per heavy atom. The van der Waals surface area contributed by atoms with Gasteiger partial charge in [-0.3, -0.25) is 4.79 Å². The number of nitrogens with zero attached hydrogens (tertiary/aromatic N) is 1. The molecular formula is C16H14N2O2. The van der Waals surface area contributed by atoms with Gasteiger partial charge >= 0.3 is 0 Å². The zero-order valence-electron chi connectivity index (χ0n) is 10.9. The first-order valence-electron chi connectivity index (χ1n) is 6.68. The largest absolute Gasteiger partial charge is 0.508 e. The standard InChI is InChI=1S/C16H14N2O2/c17-9-14-12-3-1-2-4-13(12)15(18-16(14)20)10-5-7-11(19)8-6-10/h5-8,19H,1-4H2,(H,18,20). The number of aromatic amines is 1. The fourth-order valence-electron chi connectivity index (χ4n) is 2.84. The van der Waals surface area contributed by atoms with Crippen LogP contribution in [0.5, 0.6) is 5.75 Å². The number of phenolic OH excluding ortho intramolecular Hbond substituents is 1. The number of hydrogen-bond donors (Lipinski definition) is 2. The Morgan fingerprint density at radius 3 is 2.40 bits per heavy atom. The van der Waals surface area contributed by atoms with Crippen LogP contribution in [0.4, 0.5) is 0 Å². The summed E-state index contributed by atoms with van der Waals surface area (Å²) in [6.45, 7) is 0. The SMILES string of the molecule is N#Cc1c2c(c(-c3ccc(O)cc3)[nH]c1=O)CCCC2. The second kappa shape index (κ2) is 4.86. The molecule has 0 bridgehead atoms. The summed E-state index contributed by atoms with van der Waals surface area (Å²) >= 11 is 0. The lowest BCUT2D eigenvalue weighted by Crippen LogP contribution is -2.20. The maximum atomic E-state index is 12.1. The van der Waals surface area contributed by atoms with Crippen LogP contribution in [0.25, 0.3) is 11.3 Å². The molecule has 4 heteroatoms. The molecule has 20 heavy (non-hydrogen) atoms. The minimum absolute atomic E-state index is 0.193. The van der Waals surface area contributed by atoms with Crippen molar-refractivity contribution in [3.63, 3.8) is 0 Å². The Morgan fingerprint density at radius 2 is 1.75 bits per heavy atom. The highest BCUT2D eigenvalue weighted by molar-refractivity contribution is 5.67. The third-order valence-electron chi connectivity index (χ3n) is 3.80. The van der Waals surface area contributed by atoms with Gasteiger partial charge in [0.1, 0.15) is 17.4 Å². The molecule has 0 fully saturated rings. The highest BCUT2D eigenvalue weighted by Crippen LogP contribution is 2.31. The second-order valence-electron chi connectivity index (χ2n) is 5.03. The summed E-state index contributed by atoms with van der Waals surface area (Å²) < 4.78 is 0. The maximum Gasteiger partial charge on any atom is 0.266 e. The van der Waals surface area contributed by atoms with Crippen molar-refractivity contribution in [2.75, 3.05) is 0 Å². The van der Waals surface area contributed by atoms with E-state index in [0.717, 1.165) is 48.1 Å². The number of aromatic nitrogens is 1. The Kier molecular flexibility index (Phi) is 3.03. The molecule has 0 unspecified atom stereocenters. The molecule has 0 saturated heterocycles. The number of pyridine rings is 1. The highest BCUT2D eigenvalue weighted by atomic mass is 16.3. The fourth-order valence-corrected chi connectivity index (χ4v) is 2.84. The number of hydrogen-bond acceptors (Lipinski definition) is 3. The number of aromatic hydroxyl groups is 1. The minimum Gasteiger partial charge on any atom is -0.508 e. The number of benzene rings is 1. The normalized spacial score (nSPS) is 13.6. The number of rotatable bonds is 1. The summed E-state index contributed by atoms with van der Waals surface area (Å²) in [4.78, 5) is 14.9. The van der Waals surface area contributed by atoms with Crippen LogP contribution in [0.15, 0.2) is 29.1 Å². The number of fused-ring (bicyclic) bond motifs is 1. The van der Waals surface area contributed by atoms with E-state index >= 15 is 0 Å². The van der Waals surface area contributed by atoms with Crippen molar-refractivity contribution in [1.29, 1.82) is 5.26 Å². The first-order valence-corrected chi connectivity index (χ1v) is 6.68. The van der Waals surface area contributed by atoms with Crippen LogP contribution in [0.3, 0.4) is 0 Å². The summed E-state index contributed by atoms with van der Waals surface area (Å²) in [7, 11) is 0. The molecule has 2 aromatic rings. The smallest absolute Gasteiger partial charge is 0.266 e. The highest BCUT2D eigenvalue weighted by Gasteiger charge is 2.20. The van der Waals surface area contributed by atoms with Crippen LogP contribution in [-0.4, -0.2) is 10.1 Å². The van der Waals surface area contributed by atoms with Gasteiger partial charge in [0, 0.05) is 0 Å². The van der Waals surface area contributed by atoms with Crippen molar-refractivity contribution < 1.29 is 5.11 Å². The van der Waals surface area contributed by atoms with Gasteiger partial charge in [0.15, 0.2) is 0 Å². The molecule has 1 aliphatic carbocycles. The zero-order valence-corrected chi connectivity index (χ0v) is 10.9. The number of nitriles is 1. The minimum atomic E-state index is -0.323. The quantitative estimate of drug-likeness (QED) is 0.832. The molecule has 0 saturated carbocycles. The third-order valence-corrected chi connectivity index (χ3v) is 3.80. The Bertz CT molecular complexity index is 752. The molecule has 1 aromatic heterocycles. The molecule has 4 nitrogen and oxygen atoms in total. The van der Waals surface area contributed by atoms with Crippen LogP contribution in [-0.2, 0) is 12.8 Å². The third kappa shape index (κ3) is 1.97. The van der Waals surface area contributed by atoms with Crippen LogP contribution in [0, 0.1) is 11.3 Å². The molecule has 1 aromatic carbocycles. The lowest BCUT2D eigenvalue weighted by atomic mass is 9.86.